The molecule has 2 aromatic carbocycles. The van der Waals surface area contributed by atoms with Gasteiger partial charge in [0.2, 0.25) is 11.6 Å². The first-order chi connectivity index (χ1) is 12.1. The summed E-state index contributed by atoms with van der Waals surface area (Å²) in [6, 6.07) is 14.8. The standard InChI is InChI=1S/C18H15N5O2/c1-12-6-8-13(9-7-12)20-16(24)10-22-14-4-2-3-5-15(14)23-11-19-21-17(23)18(22)25/h2-9,11H,10H2,1H3,(H,20,24). The summed E-state index contributed by atoms with van der Waals surface area (Å²) < 4.78 is 3.05. The molecule has 0 radical (unpaired) electrons. The summed E-state index contributed by atoms with van der Waals surface area (Å²) >= 11 is 0. The maximum absolute atomic E-state index is 12.7. The molecule has 0 aliphatic rings. The van der Waals surface area contributed by atoms with E-state index in [-0.39, 0.29) is 23.7 Å². The van der Waals surface area contributed by atoms with Crippen molar-refractivity contribution in [3.63, 3.8) is 0 Å². The Hall–Kier alpha value is -3.48. The number of rotatable bonds is 3. The Kier molecular flexibility index (Phi) is 3.53. The fraction of sp³-hybridized carbons (Fsp3) is 0.111. The number of nitrogens with one attached hydrogen (secondary N) is 1. The van der Waals surface area contributed by atoms with Crippen LogP contribution < -0.4 is 10.9 Å². The van der Waals surface area contributed by atoms with Gasteiger partial charge in [-0.05, 0) is 31.2 Å². The van der Waals surface area contributed by atoms with Crippen molar-refractivity contribution in [1.29, 1.82) is 0 Å². The molecule has 0 atom stereocenters. The number of carbonyl (C=O) groups excluding carboxylic acids is 1. The molecule has 0 unspecified atom stereocenters. The first kappa shape index (κ1) is 15.1. The Morgan fingerprint density at radius 2 is 1.80 bits per heavy atom. The van der Waals surface area contributed by atoms with Gasteiger partial charge in [-0.15, -0.1) is 10.2 Å². The second kappa shape index (κ2) is 5.86. The number of nitrogens with zero attached hydrogens (tertiary/aromatic N) is 4. The minimum Gasteiger partial charge on any atom is -0.325 e. The Morgan fingerprint density at radius 1 is 1.08 bits per heavy atom. The van der Waals surface area contributed by atoms with Crippen LogP contribution in [0.2, 0.25) is 0 Å². The van der Waals surface area contributed by atoms with Crippen molar-refractivity contribution >= 4 is 28.3 Å². The first-order valence-electron chi connectivity index (χ1n) is 7.81. The molecule has 1 N–H and O–H groups in total. The van der Waals surface area contributed by atoms with Crippen LogP contribution in [0, 0.1) is 6.92 Å². The molecule has 124 valence electrons. The maximum Gasteiger partial charge on any atom is 0.297 e. The van der Waals surface area contributed by atoms with Gasteiger partial charge in [-0.25, -0.2) is 0 Å². The monoisotopic (exact) mass is 333 g/mol. The van der Waals surface area contributed by atoms with Crippen LogP contribution in [0.5, 0.6) is 0 Å². The summed E-state index contributed by atoms with van der Waals surface area (Å²) in [7, 11) is 0. The van der Waals surface area contributed by atoms with Crippen LogP contribution in [-0.4, -0.2) is 25.1 Å². The predicted octanol–water partition coefficient (Wildman–Crippen LogP) is 1.99. The van der Waals surface area contributed by atoms with Crippen molar-refractivity contribution in [1.82, 2.24) is 19.2 Å². The van der Waals surface area contributed by atoms with E-state index in [1.807, 2.05) is 49.4 Å². The molecule has 2 aromatic heterocycles. The molecule has 4 aromatic rings. The number of hydrogen-bond acceptors (Lipinski definition) is 4. The number of aryl methyl sites for hydroxylation is 1. The molecule has 0 saturated carbocycles. The van der Waals surface area contributed by atoms with Crippen LogP contribution in [-0.2, 0) is 11.3 Å². The quantitative estimate of drug-likeness (QED) is 0.622. The molecule has 7 nitrogen and oxygen atoms in total. The maximum atomic E-state index is 12.7. The van der Waals surface area contributed by atoms with Gasteiger partial charge in [-0.2, -0.15) is 0 Å². The Morgan fingerprint density at radius 3 is 2.56 bits per heavy atom. The molecule has 1 amide bonds. The van der Waals surface area contributed by atoms with E-state index in [4.69, 9.17) is 0 Å². The summed E-state index contributed by atoms with van der Waals surface area (Å²) in [6.45, 7) is 1.88. The van der Waals surface area contributed by atoms with E-state index < -0.39 is 0 Å². The van der Waals surface area contributed by atoms with Crippen molar-refractivity contribution < 1.29 is 4.79 Å². The lowest BCUT2D eigenvalue weighted by atomic mass is 10.2. The molecular weight excluding hydrogens is 318 g/mol. The average Bonchev–Trinajstić information content (AvgIpc) is 3.11. The lowest BCUT2D eigenvalue weighted by Crippen LogP contribution is -2.29. The van der Waals surface area contributed by atoms with Gasteiger partial charge in [-0.1, -0.05) is 29.8 Å². The number of hydrogen-bond donors (Lipinski definition) is 1. The van der Waals surface area contributed by atoms with Crippen molar-refractivity contribution in [2.75, 3.05) is 5.32 Å². The number of para-hydroxylation sites is 2. The fourth-order valence-corrected chi connectivity index (χ4v) is 2.82. The van der Waals surface area contributed by atoms with E-state index in [0.29, 0.717) is 11.2 Å². The van der Waals surface area contributed by atoms with E-state index in [2.05, 4.69) is 15.5 Å². The van der Waals surface area contributed by atoms with Crippen LogP contribution in [0.25, 0.3) is 16.7 Å². The summed E-state index contributed by atoms with van der Waals surface area (Å²) in [5, 5.41) is 10.5. The largest absolute Gasteiger partial charge is 0.325 e. The van der Waals surface area contributed by atoms with E-state index in [1.165, 1.54) is 10.9 Å². The van der Waals surface area contributed by atoms with Gasteiger partial charge in [0.25, 0.3) is 5.56 Å². The number of amides is 1. The molecule has 4 rings (SSSR count). The lowest BCUT2D eigenvalue weighted by molar-refractivity contribution is -0.116. The minimum atomic E-state index is -0.352. The van der Waals surface area contributed by atoms with Gasteiger partial charge in [0, 0.05) is 5.69 Å². The predicted molar refractivity (Wildman–Crippen MR) is 94.6 cm³/mol. The first-order valence-corrected chi connectivity index (χ1v) is 7.81. The van der Waals surface area contributed by atoms with Gasteiger partial charge < -0.3 is 5.32 Å². The Balaban J connectivity index is 1.75. The van der Waals surface area contributed by atoms with E-state index in [0.717, 1.165) is 11.1 Å². The number of anilines is 1. The lowest BCUT2D eigenvalue weighted by Gasteiger charge is -2.12. The summed E-state index contributed by atoms with van der Waals surface area (Å²) in [6.07, 6.45) is 1.50. The second-order valence-electron chi connectivity index (χ2n) is 5.82. The van der Waals surface area contributed by atoms with Crippen molar-refractivity contribution in [3.05, 3.63) is 70.8 Å². The Bertz CT molecular complexity index is 1140. The average molecular weight is 333 g/mol. The Labute approximate surface area is 142 Å². The van der Waals surface area contributed by atoms with Crippen molar-refractivity contribution in [2.45, 2.75) is 13.5 Å². The highest BCUT2D eigenvalue weighted by Crippen LogP contribution is 2.14. The highest BCUT2D eigenvalue weighted by molar-refractivity contribution is 5.91. The second-order valence-corrected chi connectivity index (χ2v) is 5.82. The van der Waals surface area contributed by atoms with Gasteiger partial charge >= 0.3 is 0 Å². The summed E-state index contributed by atoms with van der Waals surface area (Å²) in [5.74, 6) is -0.278. The third-order valence-corrected chi connectivity index (χ3v) is 4.05. The minimum absolute atomic E-state index is 0.101. The molecule has 25 heavy (non-hydrogen) atoms. The highest BCUT2D eigenvalue weighted by Gasteiger charge is 2.14. The molecule has 0 saturated heterocycles. The van der Waals surface area contributed by atoms with Crippen LogP contribution >= 0.6 is 0 Å². The van der Waals surface area contributed by atoms with E-state index >= 15 is 0 Å². The molecule has 2 heterocycles. The van der Waals surface area contributed by atoms with Gasteiger partial charge in [0.15, 0.2) is 0 Å². The third-order valence-electron chi connectivity index (χ3n) is 4.05. The molecule has 7 heteroatoms. The van der Waals surface area contributed by atoms with Crippen molar-refractivity contribution in [3.8, 4) is 0 Å². The number of aromatic nitrogens is 4. The van der Waals surface area contributed by atoms with Gasteiger partial charge in [0.05, 0.1) is 11.0 Å². The number of carbonyl (C=O) groups is 1. The van der Waals surface area contributed by atoms with Crippen LogP contribution in [0.3, 0.4) is 0 Å². The topological polar surface area (TPSA) is 81.3 Å². The van der Waals surface area contributed by atoms with E-state index in [1.54, 1.807) is 10.5 Å². The number of fused-ring (bicyclic) bond motifs is 3. The van der Waals surface area contributed by atoms with Crippen molar-refractivity contribution in [2.24, 2.45) is 0 Å². The molecule has 0 bridgehead atoms. The van der Waals surface area contributed by atoms with Crippen LogP contribution in [0.1, 0.15) is 5.56 Å². The SMILES string of the molecule is Cc1ccc(NC(=O)Cn2c(=O)c3nncn3c3ccccc32)cc1. The molecule has 0 fully saturated rings. The number of benzene rings is 2. The van der Waals surface area contributed by atoms with E-state index in [9.17, 15) is 9.59 Å². The molecular formula is C18H15N5O2. The summed E-state index contributed by atoms with van der Waals surface area (Å²) in [4.78, 5) is 25.1. The van der Waals surface area contributed by atoms with Gasteiger partial charge in [-0.3, -0.25) is 18.6 Å². The molecule has 0 aliphatic carbocycles. The fourth-order valence-electron chi connectivity index (χ4n) is 2.82. The van der Waals surface area contributed by atoms with Crippen LogP contribution in [0.15, 0.2) is 59.7 Å². The smallest absolute Gasteiger partial charge is 0.297 e. The summed E-state index contributed by atoms with van der Waals surface area (Å²) in [5.41, 5.74) is 3.06. The third kappa shape index (κ3) is 2.65. The van der Waals surface area contributed by atoms with Gasteiger partial charge in [0.1, 0.15) is 12.9 Å². The van der Waals surface area contributed by atoms with Crippen LogP contribution in [0.4, 0.5) is 5.69 Å². The normalized spacial score (nSPS) is 11.1. The zero-order valence-electron chi connectivity index (χ0n) is 13.5. The zero-order valence-corrected chi connectivity index (χ0v) is 13.5. The zero-order chi connectivity index (χ0) is 17.4. The molecule has 0 aliphatic heterocycles. The molecule has 0 spiro atoms. The highest BCUT2D eigenvalue weighted by atomic mass is 16.2.